The Kier molecular flexibility index (Phi) is 6.76. The number of anilines is 1. The zero-order valence-corrected chi connectivity index (χ0v) is 20.8. The van der Waals surface area contributed by atoms with E-state index in [0.717, 1.165) is 16.7 Å². The van der Waals surface area contributed by atoms with Crippen LogP contribution in [0.1, 0.15) is 28.4 Å². The van der Waals surface area contributed by atoms with Crippen LogP contribution in [0.5, 0.6) is 0 Å². The Labute approximate surface area is 215 Å². The highest BCUT2D eigenvalue weighted by atomic mass is 16.2. The fraction of sp³-hybridized carbons (Fsp3) is 0.133. The lowest BCUT2D eigenvalue weighted by atomic mass is 10.1. The van der Waals surface area contributed by atoms with E-state index in [-0.39, 0.29) is 11.8 Å². The van der Waals surface area contributed by atoms with Gasteiger partial charge in [0.05, 0.1) is 29.4 Å². The molecule has 0 spiro atoms. The first-order valence-electron chi connectivity index (χ1n) is 12.1. The van der Waals surface area contributed by atoms with Crippen molar-refractivity contribution in [3.05, 3.63) is 114 Å². The fourth-order valence-corrected chi connectivity index (χ4v) is 4.20. The maximum Gasteiger partial charge on any atom is 0.256 e. The zero-order chi connectivity index (χ0) is 25.8. The van der Waals surface area contributed by atoms with E-state index < -0.39 is 0 Å². The molecule has 2 heterocycles. The van der Waals surface area contributed by atoms with Crippen molar-refractivity contribution in [2.75, 3.05) is 12.4 Å². The van der Waals surface area contributed by atoms with Crippen molar-refractivity contribution < 1.29 is 9.59 Å². The topological polar surface area (TPSA) is 80.1 Å². The number of pyridine rings is 1. The molecule has 184 valence electrons. The maximum atomic E-state index is 13.7. The van der Waals surface area contributed by atoms with Gasteiger partial charge in [-0.1, -0.05) is 78.9 Å². The summed E-state index contributed by atoms with van der Waals surface area (Å²) in [6.45, 7) is 2.45. The van der Waals surface area contributed by atoms with E-state index in [1.165, 1.54) is 6.92 Å². The Bertz CT molecular complexity index is 1560. The van der Waals surface area contributed by atoms with Crippen LogP contribution < -0.4 is 5.32 Å². The highest BCUT2D eigenvalue weighted by molar-refractivity contribution is 6.12. The molecule has 5 rings (SSSR count). The Morgan fingerprint density at radius 3 is 2.32 bits per heavy atom. The van der Waals surface area contributed by atoms with Crippen LogP contribution in [0.4, 0.5) is 5.69 Å². The number of nitrogens with zero attached hydrogens (tertiary/aromatic N) is 4. The van der Waals surface area contributed by atoms with E-state index in [1.807, 2.05) is 95.7 Å². The molecular formula is C30H27N5O2. The minimum Gasteiger partial charge on any atom is -0.342 e. The van der Waals surface area contributed by atoms with E-state index >= 15 is 0 Å². The molecule has 7 heteroatoms. The van der Waals surface area contributed by atoms with Crippen LogP contribution >= 0.6 is 0 Å². The van der Waals surface area contributed by atoms with Crippen LogP contribution in [0, 0.1) is 0 Å². The molecule has 2 aromatic heterocycles. The van der Waals surface area contributed by atoms with Crippen molar-refractivity contribution in [3.8, 4) is 11.3 Å². The number of carbonyl (C=O) groups excluding carboxylic acids is 2. The van der Waals surface area contributed by atoms with Gasteiger partial charge in [0.25, 0.3) is 5.91 Å². The van der Waals surface area contributed by atoms with Gasteiger partial charge in [-0.2, -0.15) is 5.10 Å². The van der Waals surface area contributed by atoms with Gasteiger partial charge in [-0.15, -0.1) is 0 Å². The number of fused-ring (bicyclic) bond motifs is 1. The SMILES string of the molecule is CC(=O)N(C)Cc1ccccc1NC(=O)c1cc(-c2ccccc2)nc2c1cnn2Cc1ccccc1. The largest absolute Gasteiger partial charge is 0.342 e. The average molecular weight is 490 g/mol. The Morgan fingerprint density at radius 1 is 0.919 bits per heavy atom. The summed E-state index contributed by atoms with van der Waals surface area (Å²) in [6, 6.07) is 29.1. The van der Waals surface area contributed by atoms with E-state index in [9.17, 15) is 9.59 Å². The minimum atomic E-state index is -0.262. The Morgan fingerprint density at radius 2 is 1.59 bits per heavy atom. The predicted octanol–water partition coefficient (Wildman–Crippen LogP) is 5.38. The van der Waals surface area contributed by atoms with Gasteiger partial charge in [-0.25, -0.2) is 9.67 Å². The summed E-state index contributed by atoms with van der Waals surface area (Å²) in [4.78, 5) is 32.0. The molecule has 0 aliphatic rings. The standard InChI is InChI=1S/C30H27N5O2/c1-21(36)34(2)20-24-15-9-10-16-27(24)33-30(37)25-17-28(23-13-7-4-8-14-23)32-29-26(25)18-31-35(29)19-22-11-5-3-6-12-22/h3-18H,19-20H2,1-2H3,(H,33,37). The number of carbonyl (C=O) groups is 2. The van der Waals surface area contributed by atoms with Gasteiger partial charge in [0.2, 0.25) is 5.91 Å². The molecule has 0 radical (unpaired) electrons. The summed E-state index contributed by atoms with van der Waals surface area (Å²) >= 11 is 0. The predicted molar refractivity (Wildman–Crippen MR) is 145 cm³/mol. The highest BCUT2D eigenvalue weighted by Crippen LogP contribution is 2.27. The molecule has 37 heavy (non-hydrogen) atoms. The lowest BCUT2D eigenvalue weighted by molar-refractivity contribution is -0.128. The van der Waals surface area contributed by atoms with Crippen LogP contribution in [0.3, 0.4) is 0 Å². The first-order chi connectivity index (χ1) is 18.0. The quantitative estimate of drug-likeness (QED) is 0.333. The number of benzene rings is 3. The molecule has 3 aromatic carbocycles. The number of rotatable bonds is 7. The van der Waals surface area contributed by atoms with E-state index in [0.29, 0.717) is 41.1 Å². The van der Waals surface area contributed by atoms with E-state index in [4.69, 9.17) is 4.98 Å². The molecule has 0 fully saturated rings. The third kappa shape index (κ3) is 5.26. The third-order valence-corrected chi connectivity index (χ3v) is 6.31. The van der Waals surface area contributed by atoms with E-state index in [1.54, 1.807) is 18.1 Å². The van der Waals surface area contributed by atoms with Gasteiger partial charge in [0, 0.05) is 31.8 Å². The van der Waals surface area contributed by atoms with Gasteiger partial charge in [0.1, 0.15) is 0 Å². The second-order valence-electron chi connectivity index (χ2n) is 8.93. The monoisotopic (exact) mass is 489 g/mol. The summed E-state index contributed by atoms with van der Waals surface area (Å²) in [5, 5.41) is 8.31. The van der Waals surface area contributed by atoms with Crippen molar-refractivity contribution in [1.82, 2.24) is 19.7 Å². The molecule has 0 atom stereocenters. The molecule has 2 amide bonds. The normalized spacial score (nSPS) is 10.9. The molecular weight excluding hydrogens is 462 g/mol. The van der Waals surface area contributed by atoms with E-state index in [2.05, 4.69) is 10.4 Å². The van der Waals surface area contributed by atoms with Crippen molar-refractivity contribution in [1.29, 1.82) is 0 Å². The van der Waals surface area contributed by atoms with Crippen molar-refractivity contribution in [2.45, 2.75) is 20.0 Å². The zero-order valence-electron chi connectivity index (χ0n) is 20.8. The van der Waals surface area contributed by atoms with Crippen molar-refractivity contribution in [2.24, 2.45) is 0 Å². The third-order valence-electron chi connectivity index (χ3n) is 6.31. The van der Waals surface area contributed by atoms with Crippen LogP contribution in [-0.4, -0.2) is 38.5 Å². The fourth-order valence-electron chi connectivity index (χ4n) is 4.20. The van der Waals surface area contributed by atoms with Gasteiger partial charge in [-0.3, -0.25) is 9.59 Å². The second-order valence-corrected chi connectivity index (χ2v) is 8.93. The number of amides is 2. The summed E-state index contributed by atoms with van der Waals surface area (Å²) in [7, 11) is 1.74. The number of para-hydroxylation sites is 1. The average Bonchev–Trinajstić information content (AvgIpc) is 3.32. The smallest absolute Gasteiger partial charge is 0.256 e. The minimum absolute atomic E-state index is 0.0460. The molecule has 5 aromatic rings. The number of hydrogen-bond acceptors (Lipinski definition) is 4. The molecule has 0 saturated carbocycles. The molecule has 0 unspecified atom stereocenters. The van der Waals surface area contributed by atoms with Crippen molar-refractivity contribution >= 4 is 28.5 Å². The Balaban J connectivity index is 1.56. The molecule has 1 N–H and O–H groups in total. The molecule has 0 aliphatic heterocycles. The lowest BCUT2D eigenvalue weighted by Gasteiger charge is -2.18. The summed E-state index contributed by atoms with van der Waals surface area (Å²) in [5.74, 6) is -0.308. The first-order valence-corrected chi connectivity index (χ1v) is 12.1. The highest BCUT2D eigenvalue weighted by Gasteiger charge is 2.19. The maximum absolute atomic E-state index is 13.7. The first kappa shape index (κ1) is 23.9. The molecule has 7 nitrogen and oxygen atoms in total. The molecule has 0 saturated heterocycles. The van der Waals surface area contributed by atoms with Gasteiger partial charge in [-0.05, 0) is 23.3 Å². The number of hydrogen-bond donors (Lipinski definition) is 1. The number of nitrogens with one attached hydrogen (secondary N) is 1. The summed E-state index contributed by atoms with van der Waals surface area (Å²) in [5.41, 5.74) is 5.32. The lowest BCUT2D eigenvalue weighted by Crippen LogP contribution is -2.24. The van der Waals surface area contributed by atoms with Crippen LogP contribution in [-0.2, 0) is 17.9 Å². The van der Waals surface area contributed by atoms with Gasteiger partial charge >= 0.3 is 0 Å². The number of aromatic nitrogens is 3. The van der Waals surface area contributed by atoms with Gasteiger partial charge in [0.15, 0.2) is 5.65 Å². The van der Waals surface area contributed by atoms with Crippen LogP contribution in [0.25, 0.3) is 22.3 Å². The summed E-state index contributed by atoms with van der Waals surface area (Å²) in [6.07, 6.45) is 1.70. The second kappa shape index (κ2) is 10.5. The molecule has 0 bridgehead atoms. The van der Waals surface area contributed by atoms with Crippen molar-refractivity contribution in [3.63, 3.8) is 0 Å². The van der Waals surface area contributed by atoms with Gasteiger partial charge < -0.3 is 10.2 Å². The van der Waals surface area contributed by atoms with Crippen LogP contribution in [0.2, 0.25) is 0 Å². The molecule has 0 aliphatic carbocycles. The van der Waals surface area contributed by atoms with Crippen LogP contribution in [0.15, 0.2) is 97.2 Å². The summed E-state index contributed by atoms with van der Waals surface area (Å²) < 4.78 is 1.82. The Hall–Kier alpha value is -4.78.